The number of piperazine rings is 1. The molecule has 0 bridgehead atoms. The number of rotatable bonds is 4. The number of esters is 1. The molecule has 1 saturated carbocycles. The van der Waals surface area contributed by atoms with Crippen LogP contribution in [0.1, 0.15) is 23.0 Å². The van der Waals surface area contributed by atoms with Crippen molar-refractivity contribution in [1.82, 2.24) is 9.80 Å². The van der Waals surface area contributed by atoms with Gasteiger partial charge in [-0.1, -0.05) is 60.7 Å². The van der Waals surface area contributed by atoms with E-state index in [1.165, 1.54) is 7.11 Å². The van der Waals surface area contributed by atoms with Gasteiger partial charge in [0.25, 0.3) is 0 Å². The molecule has 152 valence electrons. The van der Waals surface area contributed by atoms with Crippen LogP contribution in [0.4, 0.5) is 0 Å². The molecular formula is C24H28N2O3. The van der Waals surface area contributed by atoms with Crippen molar-refractivity contribution >= 4 is 11.9 Å². The van der Waals surface area contributed by atoms with Crippen molar-refractivity contribution in [3.8, 4) is 0 Å². The lowest BCUT2D eigenvalue weighted by molar-refractivity contribution is -0.160. The van der Waals surface area contributed by atoms with Gasteiger partial charge in [0.15, 0.2) is 0 Å². The minimum atomic E-state index is -0.355. The molecule has 0 spiro atoms. The molecule has 1 aliphatic heterocycles. The Morgan fingerprint density at radius 1 is 0.793 bits per heavy atom. The predicted molar refractivity (Wildman–Crippen MR) is 111 cm³/mol. The Bertz CT molecular complexity index is 799. The van der Waals surface area contributed by atoms with Gasteiger partial charge in [0.1, 0.15) is 0 Å². The Morgan fingerprint density at radius 2 is 1.28 bits per heavy atom. The van der Waals surface area contributed by atoms with Crippen LogP contribution in [0.2, 0.25) is 0 Å². The largest absolute Gasteiger partial charge is 0.469 e. The quantitative estimate of drug-likeness (QED) is 0.751. The topological polar surface area (TPSA) is 49.9 Å². The van der Waals surface area contributed by atoms with Gasteiger partial charge in [-0.05, 0) is 18.2 Å². The maximum Gasteiger partial charge on any atom is 0.309 e. The van der Waals surface area contributed by atoms with Crippen molar-refractivity contribution < 1.29 is 14.3 Å². The second-order valence-corrected chi connectivity index (χ2v) is 8.08. The second-order valence-electron chi connectivity index (χ2n) is 8.08. The lowest BCUT2D eigenvalue weighted by Crippen LogP contribution is -2.57. The SMILES string of the molecule is COC(=O)C1[C@@H](c2ccccc2)C(C(=O)N2CCN(C)CC2)[C@H]1c1ccccc1. The fourth-order valence-corrected chi connectivity index (χ4v) is 4.90. The molecular weight excluding hydrogens is 364 g/mol. The number of methoxy groups -OCH3 is 1. The van der Waals surface area contributed by atoms with Gasteiger partial charge >= 0.3 is 5.97 Å². The Morgan fingerprint density at radius 3 is 1.72 bits per heavy atom. The van der Waals surface area contributed by atoms with E-state index in [1.54, 1.807) is 0 Å². The maximum absolute atomic E-state index is 13.7. The van der Waals surface area contributed by atoms with Crippen LogP contribution in [0.25, 0.3) is 0 Å². The van der Waals surface area contributed by atoms with Crippen LogP contribution in [0.15, 0.2) is 60.7 Å². The van der Waals surface area contributed by atoms with Crippen LogP contribution in [0.3, 0.4) is 0 Å². The smallest absolute Gasteiger partial charge is 0.309 e. The van der Waals surface area contributed by atoms with E-state index in [2.05, 4.69) is 11.9 Å². The van der Waals surface area contributed by atoms with Crippen LogP contribution in [-0.2, 0) is 14.3 Å². The average molecular weight is 392 g/mol. The van der Waals surface area contributed by atoms with Crippen molar-refractivity contribution in [1.29, 1.82) is 0 Å². The minimum absolute atomic E-state index is 0.154. The number of nitrogens with zero attached hydrogens (tertiary/aromatic N) is 2. The van der Waals surface area contributed by atoms with Gasteiger partial charge < -0.3 is 14.5 Å². The Hall–Kier alpha value is -2.66. The van der Waals surface area contributed by atoms with E-state index in [4.69, 9.17) is 4.74 Å². The van der Waals surface area contributed by atoms with Crippen LogP contribution in [-0.4, -0.2) is 62.0 Å². The zero-order valence-electron chi connectivity index (χ0n) is 17.0. The third kappa shape index (κ3) is 3.67. The molecule has 1 saturated heterocycles. The van der Waals surface area contributed by atoms with Crippen LogP contribution in [0, 0.1) is 11.8 Å². The number of benzene rings is 2. The summed E-state index contributed by atoms with van der Waals surface area (Å²) in [5.74, 6) is -1.03. The third-order valence-electron chi connectivity index (χ3n) is 6.49. The molecule has 4 atom stereocenters. The molecule has 5 nitrogen and oxygen atoms in total. The Balaban J connectivity index is 1.72. The van der Waals surface area contributed by atoms with Crippen molar-refractivity contribution in [3.63, 3.8) is 0 Å². The molecule has 1 amide bonds. The lowest BCUT2D eigenvalue weighted by atomic mass is 9.52. The van der Waals surface area contributed by atoms with E-state index in [1.807, 2.05) is 65.6 Å². The zero-order valence-corrected chi connectivity index (χ0v) is 17.0. The van der Waals surface area contributed by atoms with Gasteiger partial charge in [-0.2, -0.15) is 0 Å². The number of carbonyl (C=O) groups excluding carboxylic acids is 2. The van der Waals surface area contributed by atoms with Gasteiger partial charge in [-0.3, -0.25) is 9.59 Å². The molecule has 5 heteroatoms. The molecule has 0 radical (unpaired) electrons. The van der Waals surface area contributed by atoms with Gasteiger partial charge in [-0.15, -0.1) is 0 Å². The van der Waals surface area contributed by atoms with E-state index in [0.717, 1.165) is 37.3 Å². The van der Waals surface area contributed by atoms with Crippen LogP contribution in [0.5, 0.6) is 0 Å². The summed E-state index contributed by atoms with van der Waals surface area (Å²) in [6.07, 6.45) is 0. The molecule has 2 aliphatic rings. The molecule has 1 heterocycles. The highest BCUT2D eigenvalue weighted by Gasteiger charge is 2.59. The molecule has 2 fully saturated rings. The fourth-order valence-electron chi connectivity index (χ4n) is 4.90. The zero-order chi connectivity index (χ0) is 20.4. The molecule has 2 aromatic carbocycles. The minimum Gasteiger partial charge on any atom is -0.469 e. The van der Waals surface area contributed by atoms with Gasteiger partial charge in [-0.25, -0.2) is 0 Å². The first kappa shape index (κ1) is 19.6. The normalized spacial score (nSPS) is 27.2. The number of hydrogen-bond acceptors (Lipinski definition) is 4. The van der Waals surface area contributed by atoms with Crippen molar-refractivity contribution in [2.24, 2.45) is 11.8 Å². The number of amides is 1. The summed E-state index contributed by atoms with van der Waals surface area (Å²) >= 11 is 0. The summed E-state index contributed by atoms with van der Waals surface area (Å²) in [4.78, 5) is 30.7. The molecule has 29 heavy (non-hydrogen) atoms. The monoisotopic (exact) mass is 392 g/mol. The van der Waals surface area contributed by atoms with E-state index in [9.17, 15) is 9.59 Å². The third-order valence-corrected chi connectivity index (χ3v) is 6.49. The summed E-state index contributed by atoms with van der Waals surface area (Å²) in [7, 11) is 3.51. The number of hydrogen-bond donors (Lipinski definition) is 0. The van der Waals surface area contributed by atoms with E-state index >= 15 is 0 Å². The Labute approximate surface area is 172 Å². The lowest BCUT2D eigenvalue weighted by Gasteiger charge is -2.52. The first-order valence-corrected chi connectivity index (χ1v) is 10.3. The molecule has 0 N–H and O–H groups in total. The first-order chi connectivity index (χ1) is 14.1. The molecule has 2 unspecified atom stereocenters. The molecule has 0 aromatic heterocycles. The van der Waals surface area contributed by atoms with Crippen LogP contribution < -0.4 is 0 Å². The van der Waals surface area contributed by atoms with E-state index in [0.29, 0.717) is 0 Å². The fraction of sp³-hybridized carbons (Fsp3) is 0.417. The number of likely N-dealkylation sites (N-methyl/N-ethyl adjacent to an activating group) is 1. The van der Waals surface area contributed by atoms with Crippen molar-refractivity contribution in [3.05, 3.63) is 71.8 Å². The molecule has 1 aliphatic carbocycles. The molecule has 2 aromatic rings. The van der Waals surface area contributed by atoms with Crippen LogP contribution >= 0.6 is 0 Å². The average Bonchev–Trinajstić information content (AvgIpc) is 2.75. The first-order valence-electron chi connectivity index (χ1n) is 10.3. The van der Waals surface area contributed by atoms with E-state index < -0.39 is 0 Å². The van der Waals surface area contributed by atoms with Crippen molar-refractivity contribution in [2.75, 3.05) is 40.3 Å². The second kappa shape index (κ2) is 8.37. The highest BCUT2D eigenvalue weighted by molar-refractivity contribution is 5.88. The summed E-state index contributed by atoms with van der Waals surface area (Å²) < 4.78 is 5.17. The maximum atomic E-state index is 13.7. The predicted octanol–water partition coefficient (Wildman–Crippen LogP) is 2.75. The van der Waals surface area contributed by atoms with E-state index in [-0.39, 0.29) is 35.5 Å². The summed E-state index contributed by atoms with van der Waals surface area (Å²) in [5.41, 5.74) is 2.06. The van der Waals surface area contributed by atoms with Crippen molar-refractivity contribution in [2.45, 2.75) is 11.8 Å². The Kier molecular flexibility index (Phi) is 5.67. The van der Waals surface area contributed by atoms with Gasteiger partial charge in [0.2, 0.25) is 5.91 Å². The summed E-state index contributed by atoms with van der Waals surface area (Å²) in [6, 6.07) is 19.9. The number of carbonyl (C=O) groups is 2. The highest BCUT2D eigenvalue weighted by atomic mass is 16.5. The van der Waals surface area contributed by atoms with Gasteiger partial charge in [0, 0.05) is 38.0 Å². The number of ether oxygens (including phenoxy) is 1. The molecule has 4 rings (SSSR count). The summed E-state index contributed by atoms with van der Waals surface area (Å²) in [6.45, 7) is 3.23. The standard InChI is InChI=1S/C24H28N2O3/c1-25-13-15-26(16-14-25)23(27)21-19(17-9-5-3-6-10-17)22(24(28)29-2)20(21)18-11-7-4-8-12-18/h3-12,19-22H,13-16H2,1-2H3/t19-,20+,21?,22?. The summed E-state index contributed by atoms with van der Waals surface area (Å²) in [5, 5.41) is 0. The highest BCUT2D eigenvalue weighted by Crippen LogP contribution is 2.58. The van der Waals surface area contributed by atoms with Gasteiger partial charge in [0.05, 0.1) is 18.9 Å².